The van der Waals surface area contributed by atoms with Crippen LogP contribution in [0.3, 0.4) is 0 Å². The Labute approximate surface area is 146 Å². The van der Waals surface area contributed by atoms with E-state index in [0.29, 0.717) is 12.1 Å². The Morgan fingerprint density at radius 2 is 2.04 bits per heavy atom. The minimum absolute atomic E-state index is 0.00783. The lowest BCUT2D eigenvalue weighted by molar-refractivity contribution is 0.264. The zero-order valence-electron chi connectivity index (χ0n) is 14.4. The Bertz CT molecular complexity index is 731. The van der Waals surface area contributed by atoms with E-state index in [9.17, 15) is 9.50 Å². The van der Waals surface area contributed by atoms with Gasteiger partial charge in [0.2, 0.25) is 0 Å². The molecule has 0 aliphatic heterocycles. The van der Waals surface area contributed by atoms with Crippen LogP contribution >= 0.6 is 11.8 Å². The van der Waals surface area contributed by atoms with Gasteiger partial charge < -0.3 is 5.11 Å². The highest BCUT2D eigenvalue weighted by atomic mass is 32.2. The van der Waals surface area contributed by atoms with Crippen LogP contribution in [0.5, 0.6) is 0 Å². The average molecular weight is 349 g/mol. The predicted molar refractivity (Wildman–Crippen MR) is 94.8 cm³/mol. The molecule has 1 heterocycles. The summed E-state index contributed by atoms with van der Waals surface area (Å²) in [6.45, 7) is 4.65. The Balaban J connectivity index is 2.10. The maximum atomic E-state index is 14.6. The molecule has 1 N–H and O–H groups in total. The molecule has 1 aromatic heterocycles. The molecule has 1 fully saturated rings. The summed E-state index contributed by atoms with van der Waals surface area (Å²) in [7, 11) is 0. The van der Waals surface area contributed by atoms with Crippen molar-refractivity contribution in [1.29, 1.82) is 0 Å². The molecule has 3 rings (SSSR count). The molecule has 0 spiro atoms. The fraction of sp³-hybridized carbons (Fsp3) is 0.556. The molecule has 1 aliphatic carbocycles. The van der Waals surface area contributed by atoms with Gasteiger partial charge in [-0.05, 0) is 24.2 Å². The normalized spacial score (nSPS) is 21.9. The third-order valence-electron chi connectivity index (χ3n) is 5.01. The van der Waals surface area contributed by atoms with Gasteiger partial charge in [0, 0.05) is 17.7 Å². The molecular weight excluding hydrogens is 325 g/mol. The maximum Gasteiger partial charge on any atom is 0.151 e. The molecule has 6 heteroatoms. The number of hydrogen-bond donors (Lipinski definition) is 1. The van der Waals surface area contributed by atoms with Gasteiger partial charge in [-0.25, -0.2) is 14.1 Å². The fourth-order valence-electron chi connectivity index (χ4n) is 3.64. The van der Waals surface area contributed by atoms with Crippen LogP contribution in [0.15, 0.2) is 24.3 Å². The van der Waals surface area contributed by atoms with Gasteiger partial charge in [0.05, 0.1) is 18.6 Å². The van der Waals surface area contributed by atoms with E-state index >= 15 is 0 Å². The number of aliphatic hydroxyl groups is 1. The first kappa shape index (κ1) is 17.4. The monoisotopic (exact) mass is 349 g/mol. The molecule has 0 amide bonds. The van der Waals surface area contributed by atoms with Crippen molar-refractivity contribution in [1.82, 2.24) is 14.8 Å². The second-order valence-corrected chi connectivity index (χ2v) is 7.97. The molecule has 0 saturated heterocycles. The SMILES string of the molecule is CSCCc1nc([C@]2(c3ccccc3F)CC2(C)C)n(CCO)n1. The number of hydrogen-bond acceptors (Lipinski definition) is 4. The van der Waals surface area contributed by atoms with Crippen molar-refractivity contribution in [3.63, 3.8) is 0 Å². The summed E-state index contributed by atoms with van der Waals surface area (Å²) in [6.07, 6.45) is 3.66. The van der Waals surface area contributed by atoms with E-state index in [2.05, 4.69) is 25.2 Å². The van der Waals surface area contributed by atoms with Gasteiger partial charge in [0.15, 0.2) is 5.82 Å². The third-order valence-corrected chi connectivity index (χ3v) is 5.62. The number of nitrogens with zero attached hydrogens (tertiary/aromatic N) is 3. The molecule has 1 saturated carbocycles. The Kier molecular flexibility index (Phi) is 4.71. The number of aryl methyl sites for hydroxylation is 1. The summed E-state index contributed by atoms with van der Waals surface area (Å²) >= 11 is 1.75. The molecule has 4 nitrogen and oxygen atoms in total. The first-order valence-electron chi connectivity index (χ1n) is 8.25. The maximum absolute atomic E-state index is 14.6. The van der Waals surface area contributed by atoms with Crippen LogP contribution in [0.4, 0.5) is 4.39 Å². The molecule has 130 valence electrons. The van der Waals surface area contributed by atoms with Crippen molar-refractivity contribution in [3.8, 4) is 0 Å². The first-order chi connectivity index (χ1) is 11.5. The van der Waals surface area contributed by atoms with Gasteiger partial charge in [0.1, 0.15) is 11.6 Å². The van der Waals surface area contributed by atoms with Crippen LogP contribution in [-0.4, -0.2) is 38.5 Å². The van der Waals surface area contributed by atoms with E-state index in [1.54, 1.807) is 22.5 Å². The molecule has 0 unspecified atom stereocenters. The van der Waals surface area contributed by atoms with Gasteiger partial charge in [0.25, 0.3) is 0 Å². The minimum Gasteiger partial charge on any atom is -0.394 e. The van der Waals surface area contributed by atoms with Crippen molar-refractivity contribution < 1.29 is 9.50 Å². The molecule has 2 aromatic rings. The van der Waals surface area contributed by atoms with Crippen molar-refractivity contribution in [2.45, 2.75) is 38.6 Å². The standard InChI is InChI=1S/C18H24FN3OS/c1-17(2)12-18(17,13-6-4-5-7-14(13)19)16-20-15(8-11-24-3)21-22(16)9-10-23/h4-7,23H,8-12H2,1-3H3/t18-/m1/s1. The lowest BCUT2D eigenvalue weighted by atomic mass is 9.86. The second kappa shape index (κ2) is 6.48. The summed E-state index contributed by atoms with van der Waals surface area (Å²) in [6, 6.07) is 6.94. The van der Waals surface area contributed by atoms with E-state index in [1.165, 1.54) is 6.07 Å². The Hall–Kier alpha value is -1.40. The number of rotatable bonds is 7. The lowest BCUT2D eigenvalue weighted by Gasteiger charge is -2.21. The number of aliphatic hydroxyl groups excluding tert-OH is 1. The highest BCUT2D eigenvalue weighted by molar-refractivity contribution is 7.98. The molecule has 0 bridgehead atoms. The Morgan fingerprint density at radius 3 is 2.62 bits per heavy atom. The van der Waals surface area contributed by atoms with E-state index in [0.717, 1.165) is 30.2 Å². The highest BCUT2D eigenvalue weighted by Crippen LogP contribution is 2.67. The largest absolute Gasteiger partial charge is 0.394 e. The smallest absolute Gasteiger partial charge is 0.151 e. The van der Waals surface area contributed by atoms with Gasteiger partial charge in [-0.15, -0.1) is 0 Å². The zero-order chi connectivity index (χ0) is 17.4. The summed E-state index contributed by atoms with van der Waals surface area (Å²) in [5.74, 6) is 2.29. The molecule has 0 radical (unpaired) electrons. The van der Waals surface area contributed by atoms with Crippen LogP contribution in [0.2, 0.25) is 0 Å². The molecule has 1 aromatic carbocycles. The van der Waals surface area contributed by atoms with E-state index in [-0.39, 0.29) is 17.8 Å². The van der Waals surface area contributed by atoms with Crippen LogP contribution in [0, 0.1) is 11.2 Å². The van der Waals surface area contributed by atoms with Crippen molar-refractivity contribution in [2.24, 2.45) is 5.41 Å². The summed E-state index contributed by atoms with van der Waals surface area (Å²) < 4.78 is 16.3. The first-order valence-corrected chi connectivity index (χ1v) is 9.64. The van der Waals surface area contributed by atoms with Crippen molar-refractivity contribution >= 4 is 11.8 Å². The highest BCUT2D eigenvalue weighted by Gasteiger charge is 2.66. The predicted octanol–water partition coefficient (Wildman–Crippen LogP) is 3.03. The average Bonchev–Trinajstić information content (AvgIpc) is 2.91. The van der Waals surface area contributed by atoms with Crippen LogP contribution in [0.25, 0.3) is 0 Å². The molecule has 1 aliphatic rings. The van der Waals surface area contributed by atoms with E-state index in [4.69, 9.17) is 4.98 Å². The molecular formula is C18H24FN3OS. The molecule has 24 heavy (non-hydrogen) atoms. The topological polar surface area (TPSA) is 50.9 Å². The summed E-state index contributed by atoms with van der Waals surface area (Å²) in [5.41, 5.74) is 0.114. The zero-order valence-corrected chi connectivity index (χ0v) is 15.2. The van der Waals surface area contributed by atoms with Gasteiger partial charge in [-0.1, -0.05) is 32.0 Å². The van der Waals surface area contributed by atoms with Crippen LogP contribution in [0.1, 0.15) is 37.5 Å². The second-order valence-electron chi connectivity index (χ2n) is 6.99. The van der Waals surface area contributed by atoms with E-state index in [1.807, 2.05) is 12.1 Å². The van der Waals surface area contributed by atoms with Crippen molar-refractivity contribution in [2.75, 3.05) is 18.6 Å². The Morgan fingerprint density at radius 1 is 1.33 bits per heavy atom. The third kappa shape index (κ3) is 2.75. The van der Waals surface area contributed by atoms with Gasteiger partial charge in [-0.2, -0.15) is 16.9 Å². The number of benzene rings is 1. The lowest BCUT2D eigenvalue weighted by Crippen LogP contribution is -2.24. The molecule has 1 atom stereocenters. The number of thioether (sulfide) groups is 1. The number of aromatic nitrogens is 3. The quantitative estimate of drug-likeness (QED) is 0.835. The minimum atomic E-state index is -0.474. The van der Waals surface area contributed by atoms with E-state index < -0.39 is 5.41 Å². The number of halogens is 1. The van der Waals surface area contributed by atoms with Crippen LogP contribution < -0.4 is 0 Å². The van der Waals surface area contributed by atoms with Crippen molar-refractivity contribution in [3.05, 3.63) is 47.3 Å². The van der Waals surface area contributed by atoms with Gasteiger partial charge >= 0.3 is 0 Å². The van der Waals surface area contributed by atoms with Crippen LogP contribution in [-0.2, 0) is 18.4 Å². The van der Waals surface area contributed by atoms with Gasteiger partial charge in [-0.3, -0.25) is 0 Å². The summed E-state index contributed by atoms with van der Waals surface area (Å²) in [4.78, 5) is 4.77. The summed E-state index contributed by atoms with van der Waals surface area (Å²) in [5, 5.41) is 14.0. The fourth-order valence-corrected chi connectivity index (χ4v) is 4.03.